The lowest BCUT2D eigenvalue weighted by atomic mass is 10.0. The van der Waals surface area contributed by atoms with Crippen LogP contribution < -0.4 is 10.1 Å². The van der Waals surface area contributed by atoms with Crippen molar-refractivity contribution in [2.24, 2.45) is 0 Å². The van der Waals surface area contributed by atoms with Crippen molar-refractivity contribution in [3.63, 3.8) is 0 Å². The molecule has 1 aliphatic heterocycles. The van der Waals surface area contributed by atoms with Gasteiger partial charge in [0.2, 0.25) is 0 Å². The fourth-order valence-corrected chi connectivity index (χ4v) is 2.59. The summed E-state index contributed by atoms with van der Waals surface area (Å²) < 4.78 is 10.8. The van der Waals surface area contributed by atoms with E-state index in [-0.39, 0.29) is 0 Å². The summed E-state index contributed by atoms with van der Waals surface area (Å²) in [6.07, 6.45) is 2.42. The molecule has 0 bridgehead atoms. The molecule has 4 heteroatoms. The SMILES string of the molecule is COCC(O)CCNC1CCCOc2cc(C)ccc21. The minimum Gasteiger partial charge on any atom is -0.493 e. The summed E-state index contributed by atoms with van der Waals surface area (Å²) in [5, 5.41) is 13.2. The highest BCUT2D eigenvalue weighted by atomic mass is 16.5. The maximum absolute atomic E-state index is 9.68. The minimum absolute atomic E-state index is 0.308. The van der Waals surface area contributed by atoms with Crippen molar-refractivity contribution in [1.29, 1.82) is 0 Å². The number of nitrogens with one attached hydrogen (secondary N) is 1. The van der Waals surface area contributed by atoms with E-state index in [1.165, 1.54) is 11.1 Å². The molecule has 0 saturated heterocycles. The Kier molecular flexibility index (Phi) is 5.83. The average molecular weight is 279 g/mol. The first-order chi connectivity index (χ1) is 9.70. The second-order valence-corrected chi connectivity index (χ2v) is 5.44. The summed E-state index contributed by atoms with van der Waals surface area (Å²) in [5.74, 6) is 0.998. The number of aliphatic hydroxyl groups is 1. The number of aryl methyl sites for hydroxylation is 1. The lowest BCUT2D eigenvalue weighted by Crippen LogP contribution is -2.26. The van der Waals surface area contributed by atoms with Gasteiger partial charge in [-0.2, -0.15) is 0 Å². The van der Waals surface area contributed by atoms with E-state index in [1.54, 1.807) is 7.11 Å². The third kappa shape index (κ3) is 4.20. The second kappa shape index (κ2) is 7.62. The van der Waals surface area contributed by atoms with E-state index in [0.29, 0.717) is 19.1 Å². The van der Waals surface area contributed by atoms with Gasteiger partial charge in [-0.1, -0.05) is 12.1 Å². The van der Waals surface area contributed by atoms with Crippen molar-refractivity contribution < 1.29 is 14.6 Å². The van der Waals surface area contributed by atoms with Crippen molar-refractivity contribution in [2.75, 3.05) is 26.9 Å². The zero-order chi connectivity index (χ0) is 14.4. The molecule has 0 spiro atoms. The number of hydrogen-bond donors (Lipinski definition) is 2. The molecule has 112 valence electrons. The molecule has 1 aromatic carbocycles. The van der Waals surface area contributed by atoms with Crippen molar-refractivity contribution in [2.45, 2.75) is 38.3 Å². The fourth-order valence-electron chi connectivity index (χ4n) is 2.59. The fraction of sp³-hybridized carbons (Fsp3) is 0.625. The summed E-state index contributed by atoms with van der Waals surface area (Å²) in [6, 6.07) is 6.69. The van der Waals surface area contributed by atoms with Gasteiger partial charge in [0.05, 0.1) is 19.3 Å². The molecule has 2 N–H and O–H groups in total. The molecule has 4 nitrogen and oxygen atoms in total. The summed E-state index contributed by atoms with van der Waals surface area (Å²) >= 11 is 0. The number of ether oxygens (including phenoxy) is 2. The van der Waals surface area contributed by atoms with E-state index in [1.807, 2.05) is 0 Å². The minimum atomic E-state index is -0.396. The number of methoxy groups -OCH3 is 1. The molecule has 2 unspecified atom stereocenters. The van der Waals surface area contributed by atoms with Crippen LogP contribution in [0.3, 0.4) is 0 Å². The molecule has 1 aromatic rings. The monoisotopic (exact) mass is 279 g/mol. The molecule has 1 aliphatic rings. The predicted octanol–water partition coefficient (Wildman–Crippen LogP) is 2.20. The van der Waals surface area contributed by atoms with E-state index in [2.05, 4.69) is 30.4 Å². The Morgan fingerprint density at radius 3 is 3.15 bits per heavy atom. The Labute approximate surface area is 121 Å². The van der Waals surface area contributed by atoms with Gasteiger partial charge < -0.3 is 19.9 Å². The lowest BCUT2D eigenvalue weighted by Gasteiger charge is -2.19. The topological polar surface area (TPSA) is 50.7 Å². The van der Waals surface area contributed by atoms with Gasteiger partial charge >= 0.3 is 0 Å². The summed E-state index contributed by atoms with van der Waals surface area (Å²) in [7, 11) is 1.61. The third-order valence-electron chi connectivity index (χ3n) is 3.67. The smallest absolute Gasteiger partial charge is 0.124 e. The Morgan fingerprint density at radius 1 is 1.50 bits per heavy atom. The number of benzene rings is 1. The molecular formula is C16H25NO3. The molecule has 0 aliphatic carbocycles. The highest BCUT2D eigenvalue weighted by Crippen LogP contribution is 2.32. The van der Waals surface area contributed by atoms with Gasteiger partial charge in [-0.05, 0) is 44.4 Å². The average Bonchev–Trinajstić information content (AvgIpc) is 2.61. The molecule has 0 aromatic heterocycles. The quantitative estimate of drug-likeness (QED) is 0.838. The third-order valence-corrected chi connectivity index (χ3v) is 3.67. The van der Waals surface area contributed by atoms with E-state index < -0.39 is 6.10 Å². The Morgan fingerprint density at radius 2 is 2.35 bits per heavy atom. The highest BCUT2D eigenvalue weighted by molar-refractivity contribution is 5.39. The van der Waals surface area contributed by atoms with E-state index in [0.717, 1.165) is 31.7 Å². The molecule has 2 rings (SSSR count). The molecule has 0 saturated carbocycles. The van der Waals surface area contributed by atoms with E-state index in [9.17, 15) is 5.11 Å². The van der Waals surface area contributed by atoms with Crippen LogP contribution in [0.4, 0.5) is 0 Å². The first-order valence-electron chi connectivity index (χ1n) is 7.34. The molecule has 0 fully saturated rings. The number of aliphatic hydroxyl groups excluding tert-OH is 1. The van der Waals surface area contributed by atoms with Gasteiger partial charge in [-0.3, -0.25) is 0 Å². The first-order valence-corrected chi connectivity index (χ1v) is 7.34. The molecule has 0 radical (unpaired) electrons. The predicted molar refractivity (Wildman–Crippen MR) is 79.2 cm³/mol. The van der Waals surface area contributed by atoms with Crippen LogP contribution in [-0.4, -0.2) is 38.1 Å². The number of rotatable bonds is 6. The summed E-state index contributed by atoms with van der Waals surface area (Å²) in [4.78, 5) is 0. The van der Waals surface area contributed by atoms with Crippen LogP contribution in [0.1, 0.15) is 36.4 Å². The van der Waals surface area contributed by atoms with Gasteiger partial charge in [0.1, 0.15) is 5.75 Å². The van der Waals surface area contributed by atoms with Crippen molar-refractivity contribution in [3.8, 4) is 5.75 Å². The highest BCUT2D eigenvalue weighted by Gasteiger charge is 2.19. The number of fused-ring (bicyclic) bond motifs is 1. The molecule has 1 heterocycles. The van der Waals surface area contributed by atoms with E-state index in [4.69, 9.17) is 9.47 Å². The standard InChI is InChI=1S/C16H25NO3/c1-12-5-6-14-15(4-3-9-20-16(14)10-12)17-8-7-13(18)11-19-2/h5-6,10,13,15,17-18H,3-4,7-9,11H2,1-2H3. The largest absolute Gasteiger partial charge is 0.493 e. The van der Waals surface area contributed by atoms with Crippen molar-refractivity contribution in [3.05, 3.63) is 29.3 Å². The Bertz CT molecular complexity index is 422. The second-order valence-electron chi connectivity index (χ2n) is 5.44. The van der Waals surface area contributed by atoms with Gasteiger partial charge in [0.15, 0.2) is 0 Å². The molecular weight excluding hydrogens is 254 g/mol. The van der Waals surface area contributed by atoms with Crippen LogP contribution in [0.5, 0.6) is 5.75 Å². The van der Waals surface area contributed by atoms with Crippen LogP contribution in [-0.2, 0) is 4.74 Å². The van der Waals surface area contributed by atoms with Gasteiger partial charge in [-0.15, -0.1) is 0 Å². The van der Waals surface area contributed by atoms with Gasteiger partial charge in [0.25, 0.3) is 0 Å². The van der Waals surface area contributed by atoms with Crippen LogP contribution >= 0.6 is 0 Å². The zero-order valence-electron chi connectivity index (χ0n) is 12.4. The van der Waals surface area contributed by atoms with Crippen LogP contribution in [0.25, 0.3) is 0 Å². The maximum Gasteiger partial charge on any atom is 0.124 e. The molecule has 2 atom stereocenters. The van der Waals surface area contributed by atoms with Crippen molar-refractivity contribution in [1.82, 2.24) is 5.32 Å². The molecule has 0 amide bonds. The van der Waals surface area contributed by atoms with Crippen LogP contribution in [0, 0.1) is 6.92 Å². The van der Waals surface area contributed by atoms with Crippen LogP contribution in [0.15, 0.2) is 18.2 Å². The maximum atomic E-state index is 9.68. The Hall–Kier alpha value is -1.10. The normalized spacial score (nSPS) is 19.9. The van der Waals surface area contributed by atoms with Crippen molar-refractivity contribution >= 4 is 0 Å². The van der Waals surface area contributed by atoms with Gasteiger partial charge in [-0.25, -0.2) is 0 Å². The summed E-state index contributed by atoms with van der Waals surface area (Å²) in [6.45, 7) is 4.03. The zero-order valence-corrected chi connectivity index (χ0v) is 12.4. The lowest BCUT2D eigenvalue weighted by molar-refractivity contribution is 0.0589. The van der Waals surface area contributed by atoms with E-state index >= 15 is 0 Å². The Balaban J connectivity index is 1.95. The van der Waals surface area contributed by atoms with Crippen LogP contribution in [0.2, 0.25) is 0 Å². The number of hydrogen-bond acceptors (Lipinski definition) is 4. The summed E-state index contributed by atoms with van der Waals surface area (Å²) in [5.41, 5.74) is 2.45. The first kappa shape index (κ1) is 15.3. The molecule has 20 heavy (non-hydrogen) atoms. The van der Waals surface area contributed by atoms with Gasteiger partial charge in [0, 0.05) is 18.7 Å².